The highest BCUT2D eigenvalue weighted by Gasteiger charge is 2.19. The number of nitrogens with zero attached hydrogens (tertiary/aromatic N) is 1. The van der Waals surface area contributed by atoms with Crippen LogP contribution in [0.15, 0.2) is 0 Å². The summed E-state index contributed by atoms with van der Waals surface area (Å²) in [6.07, 6.45) is 0.332. The molecular formula is C12H20N2O5S. The molecule has 0 aromatic carbocycles. The van der Waals surface area contributed by atoms with E-state index in [1.807, 2.05) is 0 Å². The number of hydrogen-bond donors (Lipinski definition) is 2. The second-order valence-corrected chi connectivity index (χ2v) is 5.34. The van der Waals surface area contributed by atoms with Crippen LogP contribution < -0.4 is 5.32 Å². The lowest BCUT2D eigenvalue weighted by Gasteiger charge is -2.26. The predicted octanol–water partition coefficient (Wildman–Crippen LogP) is -0.442. The Morgan fingerprint density at radius 2 is 1.95 bits per heavy atom. The Kier molecular flexibility index (Phi) is 7.38. The highest BCUT2D eigenvalue weighted by Crippen LogP contribution is 2.05. The third-order valence-electron chi connectivity index (χ3n) is 2.86. The normalized spacial score (nSPS) is 16.6. The van der Waals surface area contributed by atoms with Gasteiger partial charge >= 0.3 is 5.97 Å². The zero-order valence-corrected chi connectivity index (χ0v) is 12.3. The van der Waals surface area contributed by atoms with E-state index in [1.54, 1.807) is 11.8 Å². The Morgan fingerprint density at radius 1 is 1.30 bits per heavy atom. The van der Waals surface area contributed by atoms with Gasteiger partial charge in [0.1, 0.15) is 6.04 Å². The minimum absolute atomic E-state index is 0.0172. The van der Waals surface area contributed by atoms with E-state index in [0.717, 1.165) is 0 Å². The van der Waals surface area contributed by atoms with Gasteiger partial charge in [-0.3, -0.25) is 9.59 Å². The van der Waals surface area contributed by atoms with Crippen molar-refractivity contribution < 1.29 is 24.2 Å². The summed E-state index contributed by atoms with van der Waals surface area (Å²) in [7, 11) is 0. The molecule has 0 aliphatic carbocycles. The van der Waals surface area contributed by atoms with Crippen LogP contribution >= 0.6 is 11.8 Å². The fourth-order valence-electron chi connectivity index (χ4n) is 1.71. The molecule has 0 radical (unpaired) electrons. The summed E-state index contributed by atoms with van der Waals surface area (Å²) in [6.45, 7) is 3.96. The fourth-order valence-corrected chi connectivity index (χ4v) is 2.44. The number of morpholine rings is 1. The van der Waals surface area contributed by atoms with Crippen LogP contribution in [0.5, 0.6) is 0 Å². The van der Waals surface area contributed by atoms with Gasteiger partial charge in [-0.1, -0.05) is 6.92 Å². The van der Waals surface area contributed by atoms with Crippen LogP contribution in [0.2, 0.25) is 0 Å². The second-order valence-electron chi connectivity index (χ2n) is 4.35. The van der Waals surface area contributed by atoms with Gasteiger partial charge < -0.3 is 20.1 Å². The van der Waals surface area contributed by atoms with E-state index in [9.17, 15) is 14.4 Å². The monoisotopic (exact) mass is 304 g/mol. The number of carbonyl (C=O) groups excluding carboxylic acids is 2. The van der Waals surface area contributed by atoms with E-state index in [1.165, 1.54) is 11.8 Å². The average Bonchev–Trinajstić information content (AvgIpc) is 2.45. The van der Waals surface area contributed by atoms with E-state index in [4.69, 9.17) is 9.84 Å². The molecule has 0 aromatic heterocycles. The Bertz CT molecular complexity index is 358. The quantitative estimate of drug-likeness (QED) is 0.662. The minimum Gasteiger partial charge on any atom is -0.480 e. The van der Waals surface area contributed by atoms with Crippen molar-refractivity contribution in [1.82, 2.24) is 10.2 Å². The predicted molar refractivity (Wildman–Crippen MR) is 74.6 cm³/mol. The van der Waals surface area contributed by atoms with Crippen LogP contribution in [-0.2, 0) is 19.1 Å². The number of ether oxygens (including phenoxy) is 1. The van der Waals surface area contributed by atoms with Gasteiger partial charge in [-0.05, 0) is 6.42 Å². The SMILES string of the molecule is CC[C@@H](NC(=O)CSCC(=O)N1CCOCC1)C(=O)O. The van der Waals surface area contributed by atoms with Gasteiger partial charge in [0.25, 0.3) is 0 Å². The van der Waals surface area contributed by atoms with Crippen LogP contribution in [0.25, 0.3) is 0 Å². The van der Waals surface area contributed by atoms with E-state index in [0.29, 0.717) is 32.7 Å². The molecule has 1 atom stereocenters. The van der Waals surface area contributed by atoms with Gasteiger partial charge in [-0.25, -0.2) is 4.79 Å². The van der Waals surface area contributed by atoms with E-state index in [-0.39, 0.29) is 23.3 Å². The molecule has 0 aromatic rings. The molecule has 1 fully saturated rings. The molecule has 2 N–H and O–H groups in total. The minimum atomic E-state index is -1.05. The summed E-state index contributed by atoms with van der Waals surface area (Å²) < 4.78 is 5.15. The van der Waals surface area contributed by atoms with Gasteiger partial charge in [0.15, 0.2) is 0 Å². The first-order chi connectivity index (χ1) is 9.54. The van der Waals surface area contributed by atoms with Crippen LogP contribution in [-0.4, -0.2) is 71.6 Å². The first kappa shape index (κ1) is 16.8. The summed E-state index contributed by atoms with van der Waals surface area (Å²) in [4.78, 5) is 35.8. The lowest BCUT2D eigenvalue weighted by molar-refractivity contribution is -0.141. The molecular weight excluding hydrogens is 284 g/mol. The molecule has 7 nitrogen and oxygen atoms in total. The average molecular weight is 304 g/mol. The number of carboxylic acids is 1. The maximum absolute atomic E-state index is 11.8. The molecule has 0 bridgehead atoms. The lowest BCUT2D eigenvalue weighted by atomic mass is 10.2. The van der Waals surface area contributed by atoms with Crippen molar-refractivity contribution in [2.45, 2.75) is 19.4 Å². The van der Waals surface area contributed by atoms with E-state index < -0.39 is 12.0 Å². The summed E-state index contributed by atoms with van der Waals surface area (Å²) in [5.41, 5.74) is 0. The smallest absolute Gasteiger partial charge is 0.326 e. The first-order valence-corrected chi connectivity index (χ1v) is 7.65. The highest BCUT2D eigenvalue weighted by atomic mass is 32.2. The largest absolute Gasteiger partial charge is 0.480 e. The molecule has 0 saturated carbocycles. The maximum Gasteiger partial charge on any atom is 0.326 e. The van der Waals surface area contributed by atoms with Gasteiger partial charge in [0.05, 0.1) is 24.7 Å². The van der Waals surface area contributed by atoms with Crippen molar-refractivity contribution in [2.75, 3.05) is 37.8 Å². The standard InChI is InChI=1S/C12H20N2O5S/c1-2-9(12(17)18)13-10(15)7-20-8-11(16)14-3-5-19-6-4-14/h9H,2-8H2,1H3,(H,13,15)(H,17,18)/t9-/m1/s1. The Hall–Kier alpha value is -1.28. The molecule has 1 heterocycles. The molecule has 0 unspecified atom stereocenters. The van der Waals surface area contributed by atoms with E-state index >= 15 is 0 Å². The first-order valence-electron chi connectivity index (χ1n) is 6.50. The lowest BCUT2D eigenvalue weighted by Crippen LogP contribution is -2.42. The zero-order valence-electron chi connectivity index (χ0n) is 11.5. The number of hydrogen-bond acceptors (Lipinski definition) is 5. The number of thioether (sulfide) groups is 1. The van der Waals surface area contributed by atoms with Crippen LogP contribution in [0.4, 0.5) is 0 Å². The summed E-state index contributed by atoms with van der Waals surface area (Å²) in [5.74, 6) is -1.12. The number of aliphatic carboxylic acids is 1. The van der Waals surface area contributed by atoms with Crippen molar-refractivity contribution in [1.29, 1.82) is 0 Å². The molecule has 1 saturated heterocycles. The van der Waals surface area contributed by atoms with Crippen molar-refractivity contribution in [3.63, 3.8) is 0 Å². The number of amides is 2. The van der Waals surface area contributed by atoms with Gasteiger partial charge in [0.2, 0.25) is 11.8 Å². The van der Waals surface area contributed by atoms with Crippen molar-refractivity contribution in [3.05, 3.63) is 0 Å². The number of nitrogens with one attached hydrogen (secondary N) is 1. The number of carboxylic acid groups (broad SMARTS) is 1. The zero-order chi connectivity index (χ0) is 15.0. The number of rotatable bonds is 7. The Morgan fingerprint density at radius 3 is 2.50 bits per heavy atom. The topological polar surface area (TPSA) is 95.9 Å². The highest BCUT2D eigenvalue weighted by molar-refractivity contribution is 8.00. The molecule has 20 heavy (non-hydrogen) atoms. The maximum atomic E-state index is 11.8. The molecule has 1 aliphatic heterocycles. The van der Waals surface area contributed by atoms with E-state index in [2.05, 4.69) is 5.32 Å². The van der Waals surface area contributed by atoms with Crippen LogP contribution in [0.3, 0.4) is 0 Å². The summed E-state index contributed by atoms with van der Waals surface area (Å²) >= 11 is 1.19. The third-order valence-corrected chi connectivity index (χ3v) is 3.78. The molecule has 0 spiro atoms. The summed E-state index contributed by atoms with van der Waals surface area (Å²) in [5, 5.41) is 11.2. The molecule has 1 rings (SSSR count). The number of carbonyl (C=O) groups is 3. The Balaban J connectivity index is 2.20. The van der Waals surface area contributed by atoms with Crippen molar-refractivity contribution >= 4 is 29.5 Å². The molecule has 8 heteroatoms. The van der Waals surface area contributed by atoms with Crippen LogP contribution in [0, 0.1) is 0 Å². The van der Waals surface area contributed by atoms with Gasteiger partial charge in [0, 0.05) is 13.1 Å². The summed E-state index contributed by atoms with van der Waals surface area (Å²) in [6, 6.07) is -0.863. The van der Waals surface area contributed by atoms with Crippen LogP contribution in [0.1, 0.15) is 13.3 Å². The fraction of sp³-hybridized carbons (Fsp3) is 0.750. The van der Waals surface area contributed by atoms with Crippen molar-refractivity contribution in [2.24, 2.45) is 0 Å². The van der Waals surface area contributed by atoms with Gasteiger partial charge in [-0.2, -0.15) is 0 Å². The third kappa shape index (κ3) is 5.79. The second kappa shape index (κ2) is 8.80. The molecule has 1 aliphatic rings. The molecule has 2 amide bonds. The van der Waals surface area contributed by atoms with Gasteiger partial charge in [-0.15, -0.1) is 11.8 Å². The Labute approximate surface area is 122 Å². The molecule has 114 valence electrons. The van der Waals surface area contributed by atoms with Crippen molar-refractivity contribution in [3.8, 4) is 0 Å².